The Morgan fingerprint density at radius 2 is 1.84 bits per heavy atom. The van der Waals surface area contributed by atoms with Gasteiger partial charge in [-0.1, -0.05) is 54.1 Å². The second-order valence-corrected chi connectivity index (χ2v) is 7.50. The van der Waals surface area contributed by atoms with Gasteiger partial charge in [-0.15, -0.1) is 5.10 Å². The number of hydrogen-bond donors (Lipinski definition) is 3. The van der Waals surface area contributed by atoms with E-state index in [2.05, 4.69) is 20.7 Å². The van der Waals surface area contributed by atoms with Crippen molar-refractivity contribution in [2.24, 2.45) is 0 Å². The van der Waals surface area contributed by atoms with Crippen LogP contribution in [-0.2, 0) is 9.59 Å². The summed E-state index contributed by atoms with van der Waals surface area (Å²) in [6.07, 6.45) is 2.31. The zero-order chi connectivity index (χ0) is 21.8. The zero-order valence-corrected chi connectivity index (χ0v) is 17.2. The number of hydrogen-bond acceptors (Lipinski definition) is 5. The van der Waals surface area contributed by atoms with Crippen LogP contribution in [0.25, 0.3) is 5.70 Å². The highest BCUT2D eigenvalue weighted by molar-refractivity contribution is 6.30. The van der Waals surface area contributed by atoms with Crippen LogP contribution < -0.4 is 10.6 Å². The number of nitrogens with one attached hydrogen (secondary N) is 2. The lowest BCUT2D eigenvalue weighted by Crippen LogP contribution is -2.20. The van der Waals surface area contributed by atoms with Gasteiger partial charge in [-0.25, -0.2) is 4.68 Å². The lowest BCUT2D eigenvalue weighted by molar-refractivity contribution is -0.137. The minimum Gasteiger partial charge on any atom is -0.481 e. The van der Waals surface area contributed by atoms with Crippen molar-refractivity contribution in [3.05, 3.63) is 76.8 Å². The monoisotopic (exact) mass is 437 g/mol. The molecule has 0 unspecified atom stereocenters. The maximum Gasteiger partial charge on any atom is 0.303 e. The summed E-state index contributed by atoms with van der Waals surface area (Å²) in [6, 6.07) is 17.1. The Morgan fingerprint density at radius 1 is 1.10 bits per heavy atom. The Kier molecular flexibility index (Phi) is 5.99. The fourth-order valence-corrected chi connectivity index (χ4v) is 3.44. The maximum absolute atomic E-state index is 12.1. The van der Waals surface area contributed by atoms with Gasteiger partial charge < -0.3 is 10.4 Å². The summed E-state index contributed by atoms with van der Waals surface area (Å²) in [5.41, 5.74) is 2.83. The van der Waals surface area contributed by atoms with Gasteiger partial charge in [0.1, 0.15) is 6.04 Å². The first-order valence-corrected chi connectivity index (χ1v) is 10.2. The molecule has 2 heterocycles. The minimum absolute atomic E-state index is 0.0644. The van der Waals surface area contributed by atoms with Crippen molar-refractivity contribution in [2.45, 2.75) is 25.3 Å². The van der Waals surface area contributed by atoms with Gasteiger partial charge >= 0.3 is 5.97 Å². The molecule has 1 aliphatic heterocycles. The van der Waals surface area contributed by atoms with Crippen molar-refractivity contribution >= 4 is 41.1 Å². The van der Waals surface area contributed by atoms with Gasteiger partial charge in [0, 0.05) is 23.6 Å². The van der Waals surface area contributed by atoms with Crippen molar-refractivity contribution in [3.63, 3.8) is 0 Å². The third-order valence-corrected chi connectivity index (χ3v) is 5.06. The van der Waals surface area contributed by atoms with E-state index < -0.39 is 5.97 Å². The number of aromatic nitrogens is 3. The fraction of sp³-hybridized carbons (Fsp3) is 0.182. The quantitative estimate of drug-likeness (QED) is 0.511. The van der Waals surface area contributed by atoms with Gasteiger partial charge in [-0.05, 0) is 35.8 Å². The molecule has 0 radical (unpaired) electrons. The summed E-state index contributed by atoms with van der Waals surface area (Å²) in [7, 11) is 0. The third kappa shape index (κ3) is 4.92. The third-order valence-electron chi connectivity index (χ3n) is 4.81. The number of benzene rings is 2. The molecule has 2 aromatic carbocycles. The highest BCUT2D eigenvalue weighted by Gasteiger charge is 2.25. The molecule has 0 fully saturated rings. The predicted molar refractivity (Wildman–Crippen MR) is 118 cm³/mol. The molecular weight excluding hydrogens is 418 g/mol. The van der Waals surface area contributed by atoms with Crippen LogP contribution in [0.3, 0.4) is 0 Å². The number of nitrogens with zero attached hydrogens (tertiary/aromatic N) is 3. The molecule has 1 aromatic heterocycles. The number of rotatable bonds is 7. The summed E-state index contributed by atoms with van der Waals surface area (Å²) in [5.74, 6) is -0.618. The largest absolute Gasteiger partial charge is 0.481 e. The first kappa shape index (κ1) is 20.6. The van der Waals surface area contributed by atoms with E-state index in [0.717, 1.165) is 16.8 Å². The fourth-order valence-electron chi connectivity index (χ4n) is 3.32. The summed E-state index contributed by atoms with van der Waals surface area (Å²) < 4.78 is 1.70. The molecule has 158 valence electrons. The van der Waals surface area contributed by atoms with E-state index in [1.165, 1.54) is 0 Å². The van der Waals surface area contributed by atoms with E-state index in [1.807, 2.05) is 60.7 Å². The van der Waals surface area contributed by atoms with Crippen LogP contribution in [0, 0.1) is 0 Å². The van der Waals surface area contributed by atoms with Crippen molar-refractivity contribution in [2.75, 3.05) is 10.6 Å². The summed E-state index contributed by atoms with van der Waals surface area (Å²) >= 11 is 6.05. The van der Waals surface area contributed by atoms with Crippen molar-refractivity contribution < 1.29 is 14.7 Å². The molecule has 1 amide bonds. The molecular formula is C22H20ClN5O3. The van der Waals surface area contributed by atoms with Crippen LogP contribution in [0.5, 0.6) is 0 Å². The average Bonchev–Trinajstić information content (AvgIpc) is 3.16. The van der Waals surface area contributed by atoms with Gasteiger partial charge in [0.25, 0.3) is 5.95 Å². The molecule has 31 heavy (non-hydrogen) atoms. The van der Waals surface area contributed by atoms with Gasteiger partial charge in [0.2, 0.25) is 11.9 Å². The number of carbonyl (C=O) groups is 2. The normalized spacial score (nSPS) is 14.9. The summed E-state index contributed by atoms with van der Waals surface area (Å²) in [4.78, 5) is 27.2. The molecule has 0 spiro atoms. The number of carboxylic acid groups (broad SMARTS) is 1. The number of halogens is 1. The van der Waals surface area contributed by atoms with E-state index in [0.29, 0.717) is 11.0 Å². The van der Waals surface area contributed by atoms with Crippen LogP contribution >= 0.6 is 11.6 Å². The molecule has 1 aliphatic rings. The van der Waals surface area contributed by atoms with Crippen LogP contribution in [0.15, 0.2) is 60.7 Å². The Morgan fingerprint density at radius 3 is 2.55 bits per heavy atom. The first-order valence-electron chi connectivity index (χ1n) is 9.77. The first-order chi connectivity index (χ1) is 15.0. The van der Waals surface area contributed by atoms with Crippen LogP contribution in [0.2, 0.25) is 5.02 Å². The maximum atomic E-state index is 12.1. The van der Waals surface area contributed by atoms with E-state index >= 15 is 0 Å². The molecule has 0 aliphatic carbocycles. The van der Waals surface area contributed by atoms with Crippen molar-refractivity contribution in [3.8, 4) is 0 Å². The lowest BCUT2D eigenvalue weighted by atomic mass is 10.0. The molecule has 3 N–H and O–H groups in total. The molecule has 9 heteroatoms. The lowest BCUT2D eigenvalue weighted by Gasteiger charge is -2.24. The zero-order valence-electron chi connectivity index (χ0n) is 16.5. The summed E-state index contributed by atoms with van der Waals surface area (Å²) in [6.45, 7) is 0. The Hall–Kier alpha value is -3.65. The Bertz CT molecular complexity index is 1130. The molecule has 0 bridgehead atoms. The topological polar surface area (TPSA) is 109 Å². The SMILES string of the molecule is O=C(O)CCCC(=O)Nc1nc2n(n1)[C@H](c1ccc(Cl)cc1)C=C(c1ccccc1)N2. The van der Waals surface area contributed by atoms with Crippen molar-refractivity contribution in [1.82, 2.24) is 14.8 Å². The Labute approximate surface area is 183 Å². The molecule has 1 atom stereocenters. The van der Waals surface area contributed by atoms with Crippen LogP contribution in [0.1, 0.15) is 36.4 Å². The summed E-state index contributed by atoms with van der Waals surface area (Å²) in [5, 5.41) is 19.7. The Balaban J connectivity index is 1.61. The number of anilines is 2. The van der Waals surface area contributed by atoms with Gasteiger partial charge in [-0.2, -0.15) is 4.98 Å². The van der Waals surface area contributed by atoms with Gasteiger partial charge in [-0.3, -0.25) is 14.9 Å². The van der Waals surface area contributed by atoms with Crippen molar-refractivity contribution in [1.29, 1.82) is 0 Å². The number of fused-ring (bicyclic) bond motifs is 1. The number of allylic oxidation sites excluding steroid dienone is 1. The van der Waals surface area contributed by atoms with E-state index in [4.69, 9.17) is 16.7 Å². The highest BCUT2D eigenvalue weighted by atomic mass is 35.5. The number of carbonyl (C=O) groups excluding carboxylic acids is 1. The predicted octanol–water partition coefficient (Wildman–Crippen LogP) is 4.18. The average molecular weight is 438 g/mol. The van der Waals surface area contributed by atoms with Gasteiger partial charge in [0.15, 0.2) is 0 Å². The standard InChI is InChI=1S/C22H20ClN5O3/c23-16-11-9-15(10-12-16)18-13-17(14-5-2-1-3-6-14)24-22-26-21(27-28(18)22)25-19(29)7-4-8-20(30)31/h1-3,5-6,9-13,18H,4,7-8H2,(H,30,31)(H2,24,25,26,27,29)/t18-/m0/s1. The molecule has 0 saturated carbocycles. The van der Waals surface area contributed by atoms with Gasteiger partial charge in [0.05, 0.1) is 0 Å². The minimum atomic E-state index is -0.932. The van der Waals surface area contributed by atoms with E-state index in [-0.39, 0.29) is 37.2 Å². The molecule has 3 aromatic rings. The highest BCUT2D eigenvalue weighted by Crippen LogP contribution is 2.33. The smallest absolute Gasteiger partial charge is 0.303 e. The van der Waals surface area contributed by atoms with E-state index in [1.54, 1.807) is 4.68 Å². The number of amides is 1. The van der Waals surface area contributed by atoms with Crippen LogP contribution in [-0.4, -0.2) is 31.7 Å². The molecule has 4 rings (SSSR count). The molecule has 8 nitrogen and oxygen atoms in total. The number of aliphatic carboxylic acids is 1. The number of carboxylic acids is 1. The second-order valence-electron chi connectivity index (χ2n) is 7.07. The van der Waals surface area contributed by atoms with E-state index in [9.17, 15) is 9.59 Å². The van der Waals surface area contributed by atoms with Crippen LogP contribution in [0.4, 0.5) is 11.9 Å². The second kappa shape index (κ2) is 9.01. The molecule has 0 saturated heterocycles.